The number of hydrogen-bond donors (Lipinski definition) is 2. The molecule has 0 saturated heterocycles. The van der Waals surface area contributed by atoms with E-state index in [2.05, 4.69) is 20.7 Å². The molecule has 1 aromatic carbocycles. The van der Waals surface area contributed by atoms with Crippen LogP contribution in [0.3, 0.4) is 0 Å². The molecule has 0 aliphatic carbocycles. The van der Waals surface area contributed by atoms with Gasteiger partial charge in [0.05, 0.1) is 0 Å². The monoisotopic (exact) mass is 310 g/mol. The van der Waals surface area contributed by atoms with E-state index in [1.165, 1.54) is 6.07 Å². The maximum Gasteiger partial charge on any atom is 0.356 e. The fourth-order valence-corrected chi connectivity index (χ4v) is 2.14. The number of nitrogens with zero attached hydrogens (tertiary/aromatic N) is 3. The number of aromatic carboxylic acids is 1. The van der Waals surface area contributed by atoms with Gasteiger partial charge in [-0.1, -0.05) is 35.5 Å². The van der Waals surface area contributed by atoms with Gasteiger partial charge < -0.3 is 14.9 Å². The number of carboxylic acid groups (broad SMARTS) is 1. The number of carboxylic acids is 1. The molecule has 7 heteroatoms. The Labute approximate surface area is 132 Å². The number of benzene rings is 1. The number of rotatable bonds is 5. The highest BCUT2D eigenvalue weighted by Crippen LogP contribution is 2.25. The van der Waals surface area contributed by atoms with Crippen LogP contribution in [0.5, 0.6) is 0 Å². The van der Waals surface area contributed by atoms with Crippen molar-refractivity contribution in [1.29, 1.82) is 0 Å². The maximum atomic E-state index is 10.8. The van der Waals surface area contributed by atoms with E-state index in [1.54, 1.807) is 6.07 Å². The summed E-state index contributed by atoms with van der Waals surface area (Å²) in [5, 5.41) is 23.5. The summed E-state index contributed by atoms with van der Waals surface area (Å²) >= 11 is 0. The molecular formula is C16H14N4O3. The normalized spacial score (nSPS) is 10.5. The summed E-state index contributed by atoms with van der Waals surface area (Å²) in [5.74, 6) is 0.0892. The Balaban J connectivity index is 1.78. The van der Waals surface area contributed by atoms with Crippen LogP contribution in [-0.2, 0) is 6.54 Å². The lowest BCUT2D eigenvalue weighted by molar-refractivity contribution is 0.0689. The zero-order valence-corrected chi connectivity index (χ0v) is 12.4. The average Bonchev–Trinajstić information content (AvgIpc) is 2.95. The number of aryl methyl sites for hydroxylation is 1. The molecule has 0 atom stereocenters. The third-order valence-corrected chi connectivity index (χ3v) is 3.36. The largest absolute Gasteiger partial charge is 0.476 e. The molecule has 3 rings (SSSR count). The summed E-state index contributed by atoms with van der Waals surface area (Å²) in [5.41, 5.74) is 2.56. The van der Waals surface area contributed by atoms with E-state index in [9.17, 15) is 4.79 Å². The first-order valence-electron chi connectivity index (χ1n) is 6.96. The topological polar surface area (TPSA) is 101 Å². The molecule has 0 aliphatic heterocycles. The van der Waals surface area contributed by atoms with Crippen molar-refractivity contribution in [2.24, 2.45) is 0 Å². The van der Waals surface area contributed by atoms with E-state index in [0.29, 0.717) is 18.1 Å². The van der Waals surface area contributed by atoms with Gasteiger partial charge in [-0.2, -0.15) is 0 Å². The van der Waals surface area contributed by atoms with Crippen LogP contribution in [0.15, 0.2) is 47.0 Å². The second kappa shape index (κ2) is 6.27. The van der Waals surface area contributed by atoms with Crippen LogP contribution < -0.4 is 5.32 Å². The molecule has 0 bridgehead atoms. The van der Waals surface area contributed by atoms with E-state index >= 15 is 0 Å². The first kappa shape index (κ1) is 14.7. The highest BCUT2D eigenvalue weighted by Gasteiger charge is 2.14. The fourth-order valence-electron chi connectivity index (χ4n) is 2.14. The van der Waals surface area contributed by atoms with E-state index in [-0.39, 0.29) is 5.69 Å². The van der Waals surface area contributed by atoms with Crippen molar-refractivity contribution in [2.75, 3.05) is 5.32 Å². The van der Waals surface area contributed by atoms with Crippen LogP contribution in [0, 0.1) is 6.92 Å². The quantitative estimate of drug-likeness (QED) is 0.747. The second-order valence-electron chi connectivity index (χ2n) is 4.89. The second-order valence-corrected chi connectivity index (χ2v) is 4.89. The molecule has 23 heavy (non-hydrogen) atoms. The van der Waals surface area contributed by atoms with E-state index < -0.39 is 5.97 Å². The summed E-state index contributed by atoms with van der Waals surface area (Å²) in [6, 6.07) is 12.7. The smallest absolute Gasteiger partial charge is 0.356 e. The Morgan fingerprint density at radius 3 is 2.61 bits per heavy atom. The van der Waals surface area contributed by atoms with Gasteiger partial charge in [-0.3, -0.25) is 0 Å². The zero-order chi connectivity index (χ0) is 16.2. The Kier molecular flexibility index (Phi) is 4.01. The summed E-state index contributed by atoms with van der Waals surface area (Å²) < 4.78 is 5.29. The predicted molar refractivity (Wildman–Crippen MR) is 83.0 cm³/mol. The Hall–Kier alpha value is -3.22. The fraction of sp³-hybridized carbons (Fsp3) is 0.125. The lowest BCUT2D eigenvalue weighted by atomic mass is 10.1. The Morgan fingerprint density at radius 1 is 1.17 bits per heavy atom. The van der Waals surface area contributed by atoms with E-state index in [0.717, 1.165) is 16.8 Å². The van der Waals surface area contributed by atoms with Crippen molar-refractivity contribution in [3.05, 3.63) is 59.5 Å². The Bertz CT molecular complexity index is 813. The molecule has 2 heterocycles. The summed E-state index contributed by atoms with van der Waals surface area (Å²) in [7, 11) is 0. The van der Waals surface area contributed by atoms with Gasteiger partial charge in [-0.25, -0.2) is 4.79 Å². The highest BCUT2D eigenvalue weighted by atomic mass is 16.5. The predicted octanol–water partition coefficient (Wildman–Crippen LogP) is 2.75. The molecule has 2 aromatic heterocycles. The minimum atomic E-state index is -1.11. The van der Waals surface area contributed by atoms with Gasteiger partial charge in [-0.15, -0.1) is 10.2 Å². The summed E-state index contributed by atoms with van der Waals surface area (Å²) in [6.45, 7) is 2.29. The molecule has 0 aliphatic rings. The molecule has 7 nitrogen and oxygen atoms in total. The van der Waals surface area contributed by atoms with Crippen molar-refractivity contribution in [1.82, 2.24) is 15.4 Å². The van der Waals surface area contributed by atoms with E-state index in [1.807, 2.05) is 37.3 Å². The molecule has 0 fully saturated rings. The lowest BCUT2D eigenvalue weighted by Crippen LogP contribution is -2.07. The third kappa shape index (κ3) is 3.18. The first-order valence-corrected chi connectivity index (χ1v) is 6.96. The van der Waals surface area contributed by atoms with Crippen LogP contribution in [0.25, 0.3) is 11.3 Å². The number of aromatic nitrogens is 3. The third-order valence-electron chi connectivity index (χ3n) is 3.36. The molecule has 0 unspecified atom stereocenters. The van der Waals surface area contributed by atoms with Crippen LogP contribution in [0.2, 0.25) is 0 Å². The van der Waals surface area contributed by atoms with Crippen molar-refractivity contribution in [3.8, 4) is 11.3 Å². The minimum Gasteiger partial charge on any atom is -0.476 e. The van der Waals surface area contributed by atoms with Crippen molar-refractivity contribution in [3.63, 3.8) is 0 Å². The lowest BCUT2D eigenvalue weighted by Gasteiger charge is -2.06. The molecule has 0 amide bonds. The van der Waals surface area contributed by atoms with Crippen LogP contribution in [0.1, 0.15) is 21.8 Å². The number of anilines is 1. The van der Waals surface area contributed by atoms with Gasteiger partial charge in [0.1, 0.15) is 17.3 Å². The van der Waals surface area contributed by atoms with Crippen molar-refractivity contribution < 1.29 is 14.4 Å². The van der Waals surface area contributed by atoms with Gasteiger partial charge in [0.2, 0.25) is 0 Å². The number of nitrogens with one attached hydrogen (secondary N) is 1. The van der Waals surface area contributed by atoms with Crippen LogP contribution in [0.4, 0.5) is 5.82 Å². The van der Waals surface area contributed by atoms with Crippen molar-refractivity contribution >= 4 is 11.8 Å². The van der Waals surface area contributed by atoms with Gasteiger partial charge in [0.15, 0.2) is 5.69 Å². The average molecular weight is 310 g/mol. The molecular weight excluding hydrogens is 296 g/mol. The van der Waals surface area contributed by atoms with Gasteiger partial charge in [0.25, 0.3) is 0 Å². The minimum absolute atomic E-state index is 0.0957. The number of carbonyl (C=O) groups is 1. The van der Waals surface area contributed by atoms with Gasteiger partial charge in [-0.05, 0) is 19.1 Å². The SMILES string of the molecule is Cc1onc(-c2ccccc2)c1CNc1ccc(C(=O)O)nn1. The Morgan fingerprint density at radius 2 is 1.96 bits per heavy atom. The molecule has 3 aromatic rings. The highest BCUT2D eigenvalue weighted by molar-refractivity contribution is 5.85. The molecule has 0 saturated carbocycles. The standard InChI is InChI=1S/C16H14N4O3/c1-10-12(15(20-23-10)11-5-3-2-4-6-11)9-17-14-8-7-13(16(21)22)18-19-14/h2-8H,9H2,1H3,(H,17,19)(H,21,22). The van der Waals surface area contributed by atoms with Gasteiger partial charge >= 0.3 is 5.97 Å². The van der Waals surface area contributed by atoms with Crippen LogP contribution >= 0.6 is 0 Å². The molecule has 2 N–H and O–H groups in total. The number of hydrogen-bond acceptors (Lipinski definition) is 6. The van der Waals surface area contributed by atoms with Crippen molar-refractivity contribution in [2.45, 2.75) is 13.5 Å². The first-order chi connectivity index (χ1) is 11.1. The molecule has 0 radical (unpaired) electrons. The van der Waals surface area contributed by atoms with E-state index in [4.69, 9.17) is 9.63 Å². The summed E-state index contributed by atoms with van der Waals surface area (Å²) in [4.78, 5) is 10.8. The summed E-state index contributed by atoms with van der Waals surface area (Å²) in [6.07, 6.45) is 0. The maximum absolute atomic E-state index is 10.8. The molecule has 116 valence electrons. The van der Waals surface area contributed by atoms with Crippen LogP contribution in [-0.4, -0.2) is 26.4 Å². The zero-order valence-electron chi connectivity index (χ0n) is 12.4. The molecule has 0 spiro atoms. The van der Waals surface area contributed by atoms with Gasteiger partial charge in [0, 0.05) is 17.7 Å².